The minimum atomic E-state index is -3.48. The fourth-order valence-corrected chi connectivity index (χ4v) is 5.42. The molecule has 0 aliphatic rings. The molecule has 0 saturated heterocycles. The maximum atomic E-state index is 12.5. The third-order valence-corrected chi connectivity index (χ3v) is 6.32. The average molecular weight is 372 g/mol. The molecule has 1 aromatic rings. The summed E-state index contributed by atoms with van der Waals surface area (Å²) in [4.78, 5) is 1.11. The summed E-state index contributed by atoms with van der Waals surface area (Å²) in [6.45, 7) is 4.69. The summed E-state index contributed by atoms with van der Waals surface area (Å²) in [6, 6.07) is 1.63. The van der Waals surface area contributed by atoms with E-state index in [0.29, 0.717) is 11.4 Å². The molecule has 110 valence electrons. The molecule has 0 atom stereocenters. The van der Waals surface area contributed by atoms with Gasteiger partial charge in [0.15, 0.2) is 0 Å². The number of halogens is 1. The van der Waals surface area contributed by atoms with Gasteiger partial charge in [-0.1, -0.05) is 6.92 Å². The maximum absolute atomic E-state index is 12.5. The minimum Gasteiger partial charge on any atom is -0.394 e. The van der Waals surface area contributed by atoms with Gasteiger partial charge >= 0.3 is 0 Å². The van der Waals surface area contributed by atoms with Gasteiger partial charge in [0, 0.05) is 18.0 Å². The lowest BCUT2D eigenvalue weighted by Gasteiger charge is -2.20. The zero-order chi connectivity index (χ0) is 14.5. The van der Waals surface area contributed by atoms with E-state index in [1.54, 1.807) is 19.9 Å². The van der Waals surface area contributed by atoms with Crippen LogP contribution in [0.15, 0.2) is 14.7 Å². The lowest BCUT2D eigenvalue weighted by atomic mass is 10.5. The Morgan fingerprint density at radius 3 is 2.63 bits per heavy atom. The number of nitrogens with zero attached hydrogens (tertiary/aromatic N) is 1. The van der Waals surface area contributed by atoms with E-state index in [1.165, 1.54) is 15.6 Å². The third kappa shape index (κ3) is 4.51. The molecule has 1 N–H and O–H groups in total. The Morgan fingerprint density at radius 1 is 1.47 bits per heavy atom. The predicted molar refractivity (Wildman–Crippen MR) is 79.1 cm³/mol. The molecule has 8 heteroatoms. The molecule has 5 nitrogen and oxygen atoms in total. The summed E-state index contributed by atoms with van der Waals surface area (Å²) in [5.74, 6) is 0. The number of aryl methyl sites for hydroxylation is 1. The highest BCUT2D eigenvalue weighted by atomic mass is 79.9. The Morgan fingerprint density at radius 2 is 2.16 bits per heavy atom. The minimum absolute atomic E-state index is 0.0601. The lowest BCUT2D eigenvalue weighted by molar-refractivity contribution is 0.0860. The normalized spacial score (nSPS) is 12.3. The number of hydrogen-bond acceptors (Lipinski definition) is 5. The van der Waals surface area contributed by atoms with E-state index < -0.39 is 10.0 Å². The van der Waals surface area contributed by atoms with E-state index in [2.05, 4.69) is 15.9 Å². The van der Waals surface area contributed by atoms with Gasteiger partial charge in [0.05, 0.1) is 28.5 Å². The van der Waals surface area contributed by atoms with Crippen molar-refractivity contribution in [2.45, 2.75) is 18.7 Å². The van der Waals surface area contributed by atoms with Gasteiger partial charge in [-0.25, -0.2) is 8.42 Å². The van der Waals surface area contributed by atoms with Gasteiger partial charge in [0.2, 0.25) is 10.0 Å². The summed E-state index contributed by atoms with van der Waals surface area (Å²) in [5.41, 5.74) is 0. The molecule has 19 heavy (non-hydrogen) atoms. The number of thiophene rings is 1. The van der Waals surface area contributed by atoms with E-state index in [1.807, 2.05) is 0 Å². The van der Waals surface area contributed by atoms with Crippen LogP contribution in [0.5, 0.6) is 0 Å². The molecule has 0 aromatic carbocycles. The van der Waals surface area contributed by atoms with Crippen molar-refractivity contribution in [3.05, 3.63) is 14.7 Å². The maximum Gasteiger partial charge on any atom is 0.244 e. The SMILES string of the molecule is CCN(CCOCCO)S(=O)(=O)c1cc(Br)sc1C. The largest absolute Gasteiger partial charge is 0.394 e. The number of aliphatic hydroxyl groups excluding tert-OH is 1. The van der Waals surface area contributed by atoms with E-state index in [-0.39, 0.29) is 26.4 Å². The first kappa shape index (κ1) is 17.1. The molecule has 0 fully saturated rings. The van der Waals surface area contributed by atoms with Crippen LogP contribution < -0.4 is 0 Å². The van der Waals surface area contributed by atoms with Crippen LogP contribution in [0.3, 0.4) is 0 Å². The first-order chi connectivity index (χ1) is 8.93. The molecule has 0 saturated carbocycles. The fourth-order valence-electron chi connectivity index (χ4n) is 1.61. The van der Waals surface area contributed by atoms with Crippen LogP contribution in [-0.2, 0) is 14.8 Å². The number of rotatable bonds is 8. The monoisotopic (exact) mass is 371 g/mol. The van der Waals surface area contributed by atoms with Gasteiger partial charge in [0.25, 0.3) is 0 Å². The van der Waals surface area contributed by atoms with Crippen molar-refractivity contribution in [1.29, 1.82) is 0 Å². The molecule has 0 aliphatic heterocycles. The predicted octanol–water partition coefficient (Wildman–Crippen LogP) is 1.84. The summed E-state index contributed by atoms with van der Waals surface area (Å²) in [6.07, 6.45) is 0. The smallest absolute Gasteiger partial charge is 0.244 e. The number of aliphatic hydroxyl groups is 1. The highest BCUT2D eigenvalue weighted by Gasteiger charge is 2.26. The standard InChI is InChI=1S/C11H18BrNO4S2/c1-3-13(4-6-17-7-5-14)19(15,16)10-8-11(12)18-9(10)2/h8,14H,3-7H2,1-2H3. The fraction of sp³-hybridized carbons (Fsp3) is 0.636. The zero-order valence-electron chi connectivity index (χ0n) is 10.9. The lowest BCUT2D eigenvalue weighted by Crippen LogP contribution is -2.34. The highest BCUT2D eigenvalue weighted by molar-refractivity contribution is 9.11. The quantitative estimate of drug-likeness (QED) is 0.708. The molecule has 1 heterocycles. The van der Waals surface area contributed by atoms with Crippen LogP contribution >= 0.6 is 27.3 Å². The molecule has 0 amide bonds. The average Bonchev–Trinajstić information content (AvgIpc) is 2.69. The van der Waals surface area contributed by atoms with Crippen molar-refractivity contribution in [3.63, 3.8) is 0 Å². The Hall–Kier alpha value is 0.01000. The molecule has 0 bridgehead atoms. The molecular weight excluding hydrogens is 354 g/mol. The van der Waals surface area contributed by atoms with Gasteiger partial charge < -0.3 is 9.84 Å². The molecule has 1 aromatic heterocycles. The number of hydrogen-bond donors (Lipinski definition) is 1. The molecule has 0 radical (unpaired) electrons. The van der Waals surface area contributed by atoms with E-state index in [4.69, 9.17) is 9.84 Å². The first-order valence-electron chi connectivity index (χ1n) is 5.88. The van der Waals surface area contributed by atoms with Gasteiger partial charge in [-0.15, -0.1) is 11.3 Å². The van der Waals surface area contributed by atoms with Crippen molar-refractivity contribution in [3.8, 4) is 0 Å². The summed E-state index contributed by atoms with van der Waals surface area (Å²) >= 11 is 4.71. The molecule has 0 unspecified atom stereocenters. The van der Waals surface area contributed by atoms with Crippen LogP contribution in [0.2, 0.25) is 0 Å². The van der Waals surface area contributed by atoms with Gasteiger partial charge in [0.1, 0.15) is 0 Å². The van der Waals surface area contributed by atoms with E-state index in [0.717, 1.165) is 8.66 Å². The van der Waals surface area contributed by atoms with Crippen molar-refractivity contribution >= 4 is 37.3 Å². The number of sulfonamides is 1. The second-order valence-electron chi connectivity index (χ2n) is 3.80. The molecule has 1 rings (SSSR count). The van der Waals surface area contributed by atoms with Gasteiger partial charge in [-0.2, -0.15) is 4.31 Å². The summed E-state index contributed by atoms with van der Waals surface area (Å²) < 4.78 is 32.2. The van der Waals surface area contributed by atoms with Crippen LogP contribution in [0, 0.1) is 6.92 Å². The molecule has 0 aliphatic carbocycles. The van der Waals surface area contributed by atoms with Crippen LogP contribution in [0.1, 0.15) is 11.8 Å². The van der Waals surface area contributed by atoms with E-state index in [9.17, 15) is 8.42 Å². The Labute approximate surface area is 126 Å². The van der Waals surface area contributed by atoms with Crippen LogP contribution in [0.25, 0.3) is 0 Å². The highest BCUT2D eigenvalue weighted by Crippen LogP contribution is 2.31. The van der Waals surface area contributed by atoms with Gasteiger partial charge in [-0.3, -0.25) is 0 Å². The number of ether oxygens (including phenoxy) is 1. The van der Waals surface area contributed by atoms with Crippen molar-refractivity contribution in [2.24, 2.45) is 0 Å². The second kappa shape index (κ2) is 7.70. The Kier molecular flexibility index (Phi) is 6.92. The van der Waals surface area contributed by atoms with Crippen LogP contribution in [-0.4, -0.2) is 50.7 Å². The van der Waals surface area contributed by atoms with Gasteiger partial charge in [-0.05, 0) is 28.9 Å². The number of likely N-dealkylation sites (N-methyl/N-ethyl adjacent to an activating group) is 1. The summed E-state index contributed by atoms with van der Waals surface area (Å²) in [5, 5.41) is 8.61. The Balaban J connectivity index is 2.81. The van der Waals surface area contributed by atoms with Crippen LogP contribution in [0.4, 0.5) is 0 Å². The first-order valence-corrected chi connectivity index (χ1v) is 8.93. The Bertz CT molecular complexity index is 501. The van der Waals surface area contributed by atoms with Crippen molar-refractivity contribution in [1.82, 2.24) is 4.31 Å². The summed E-state index contributed by atoms with van der Waals surface area (Å²) in [7, 11) is -3.48. The van der Waals surface area contributed by atoms with Crippen molar-refractivity contribution in [2.75, 3.05) is 32.9 Å². The van der Waals surface area contributed by atoms with E-state index >= 15 is 0 Å². The molecule has 0 spiro atoms. The third-order valence-electron chi connectivity index (χ3n) is 2.53. The topological polar surface area (TPSA) is 66.8 Å². The van der Waals surface area contributed by atoms with Crippen molar-refractivity contribution < 1.29 is 18.3 Å². The molecular formula is C11H18BrNO4S2. The zero-order valence-corrected chi connectivity index (χ0v) is 14.1. The second-order valence-corrected chi connectivity index (χ2v) is 8.35.